The summed E-state index contributed by atoms with van der Waals surface area (Å²) >= 11 is 3.75. The molecule has 6 rings (SSSR count). The molecule has 39 heavy (non-hydrogen) atoms. The van der Waals surface area contributed by atoms with Crippen molar-refractivity contribution >= 4 is 39.3 Å². The van der Waals surface area contributed by atoms with Crippen LogP contribution in [0.2, 0.25) is 0 Å². The Hall–Kier alpha value is -2.82. The van der Waals surface area contributed by atoms with Gasteiger partial charge in [-0.05, 0) is 89.1 Å². The van der Waals surface area contributed by atoms with E-state index in [1.807, 2.05) is 6.07 Å². The Bertz CT molecular complexity index is 1310. The topological polar surface area (TPSA) is 82.2 Å². The van der Waals surface area contributed by atoms with Gasteiger partial charge in [0.25, 0.3) is 5.91 Å². The molecule has 4 heterocycles. The third kappa shape index (κ3) is 5.34. The lowest BCUT2D eigenvalue weighted by Gasteiger charge is -2.33. The van der Waals surface area contributed by atoms with Crippen LogP contribution >= 0.6 is 15.9 Å². The zero-order chi connectivity index (χ0) is 27.1. The standard InChI is InChI=1S/C29H32BrFN4O4/c30-23-13-18(1-2-25(23)34-9-11-39-12-10-34)16-33-7-5-19(6-8-33)21-14-20-17-35(29(38)22(20)15-24(21)31)26-3-4-27(36)32-28(26)37/h1-2,13-15,19,26H,3-12,16-17H2,(H,32,36,37). The van der Waals surface area contributed by atoms with Gasteiger partial charge in [0.1, 0.15) is 11.9 Å². The summed E-state index contributed by atoms with van der Waals surface area (Å²) in [6.07, 6.45) is 2.18. The summed E-state index contributed by atoms with van der Waals surface area (Å²) in [4.78, 5) is 43.1. The second-order valence-electron chi connectivity index (χ2n) is 10.9. The van der Waals surface area contributed by atoms with E-state index < -0.39 is 11.9 Å². The molecule has 1 N–H and O–H groups in total. The second-order valence-corrected chi connectivity index (χ2v) is 11.7. The largest absolute Gasteiger partial charge is 0.378 e. The van der Waals surface area contributed by atoms with Crippen LogP contribution < -0.4 is 10.2 Å². The van der Waals surface area contributed by atoms with Crippen LogP contribution in [-0.4, -0.2) is 73.0 Å². The molecule has 4 aliphatic heterocycles. The summed E-state index contributed by atoms with van der Waals surface area (Å²) in [5.41, 5.74) is 4.18. The van der Waals surface area contributed by atoms with Gasteiger partial charge in [0.05, 0.1) is 18.9 Å². The molecule has 0 spiro atoms. The first kappa shape index (κ1) is 26.4. The minimum absolute atomic E-state index is 0.0849. The van der Waals surface area contributed by atoms with Crippen LogP contribution in [-0.2, 0) is 27.4 Å². The van der Waals surface area contributed by atoms with Crippen molar-refractivity contribution in [3.63, 3.8) is 0 Å². The van der Waals surface area contributed by atoms with Gasteiger partial charge in [0.2, 0.25) is 11.8 Å². The Kier molecular flexibility index (Phi) is 7.43. The number of hydrogen-bond acceptors (Lipinski definition) is 6. The summed E-state index contributed by atoms with van der Waals surface area (Å²) in [6, 6.07) is 9.04. The van der Waals surface area contributed by atoms with Gasteiger partial charge in [-0.15, -0.1) is 0 Å². The fourth-order valence-corrected chi connectivity index (χ4v) is 6.97. The Morgan fingerprint density at radius 3 is 2.49 bits per heavy atom. The lowest BCUT2D eigenvalue weighted by molar-refractivity contribution is -0.136. The molecule has 8 nitrogen and oxygen atoms in total. The normalized spacial score (nSPS) is 22.8. The molecule has 2 aromatic rings. The van der Waals surface area contributed by atoms with E-state index in [4.69, 9.17) is 4.74 Å². The lowest BCUT2D eigenvalue weighted by atomic mass is 9.87. The number of piperidine rings is 2. The molecule has 3 amide bonds. The molecule has 206 valence electrons. The highest BCUT2D eigenvalue weighted by Crippen LogP contribution is 2.36. The molecule has 1 atom stereocenters. The van der Waals surface area contributed by atoms with Crippen LogP contribution in [0.3, 0.4) is 0 Å². The number of carbonyl (C=O) groups excluding carboxylic acids is 3. The van der Waals surface area contributed by atoms with E-state index >= 15 is 4.39 Å². The van der Waals surface area contributed by atoms with E-state index in [0.29, 0.717) is 17.5 Å². The number of hydrogen-bond donors (Lipinski definition) is 1. The molecular formula is C29H32BrFN4O4. The highest BCUT2D eigenvalue weighted by Gasteiger charge is 2.40. The Morgan fingerprint density at radius 2 is 1.77 bits per heavy atom. The van der Waals surface area contributed by atoms with E-state index in [9.17, 15) is 14.4 Å². The number of carbonyl (C=O) groups is 3. The van der Waals surface area contributed by atoms with Gasteiger partial charge >= 0.3 is 0 Å². The van der Waals surface area contributed by atoms with E-state index in [1.165, 1.54) is 22.2 Å². The van der Waals surface area contributed by atoms with Crippen LogP contribution in [0.1, 0.15) is 58.6 Å². The molecule has 3 fully saturated rings. The van der Waals surface area contributed by atoms with E-state index in [0.717, 1.165) is 68.8 Å². The third-order valence-corrected chi connectivity index (χ3v) is 9.07. The molecule has 0 aromatic heterocycles. The van der Waals surface area contributed by atoms with Crippen LogP contribution in [0.25, 0.3) is 0 Å². The molecule has 2 aromatic carbocycles. The second kappa shape index (κ2) is 11.0. The Morgan fingerprint density at radius 1 is 1.00 bits per heavy atom. The van der Waals surface area contributed by atoms with Crippen molar-refractivity contribution < 1.29 is 23.5 Å². The van der Waals surface area contributed by atoms with Crippen molar-refractivity contribution in [2.24, 2.45) is 0 Å². The van der Waals surface area contributed by atoms with E-state index in [1.54, 1.807) is 0 Å². The van der Waals surface area contributed by atoms with Crippen molar-refractivity contribution in [3.05, 3.63) is 62.9 Å². The number of anilines is 1. The smallest absolute Gasteiger partial charge is 0.255 e. The fraction of sp³-hybridized carbons (Fsp3) is 0.483. The van der Waals surface area contributed by atoms with Gasteiger partial charge in [0.15, 0.2) is 0 Å². The maximum absolute atomic E-state index is 15.3. The number of halogens is 2. The lowest BCUT2D eigenvalue weighted by Crippen LogP contribution is -2.52. The number of ether oxygens (including phenoxy) is 1. The van der Waals surface area contributed by atoms with Crippen molar-refractivity contribution in [1.82, 2.24) is 15.1 Å². The first-order valence-corrected chi connectivity index (χ1v) is 14.5. The van der Waals surface area contributed by atoms with Crippen LogP contribution in [0.15, 0.2) is 34.8 Å². The van der Waals surface area contributed by atoms with Gasteiger partial charge in [-0.1, -0.05) is 12.1 Å². The molecule has 10 heteroatoms. The van der Waals surface area contributed by atoms with Gasteiger partial charge < -0.3 is 14.5 Å². The number of amides is 3. The number of likely N-dealkylation sites (tertiary alicyclic amines) is 1. The van der Waals surface area contributed by atoms with Crippen molar-refractivity contribution in [3.8, 4) is 0 Å². The monoisotopic (exact) mass is 598 g/mol. The Labute approximate surface area is 235 Å². The predicted molar refractivity (Wildman–Crippen MR) is 147 cm³/mol. The zero-order valence-corrected chi connectivity index (χ0v) is 23.3. The van der Waals surface area contributed by atoms with E-state index in [2.05, 4.69) is 49.2 Å². The highest BCUT2D eigenvalue weighted by atomic mass is 79.9. The summed E-state index contributed by atoms with van der Waals surface area (Å²) in [6.45, 7) is 6.14. The van der Waals surface area contributed by atoms with E-state index in [-0.39, 0.29) is 36.5 Å². The number of imide groups is 1. The summed E-state index contributed by atoms with van der Waals surface area (Å²) in [5, 5.41) is 2.31. The Balaban J connectivity index is 1.08. The maximum Gasteiger partial charge on any atom is 0.255 e. The minimum Gasteiger partial charge on any atom is -0.378 e. The molecule has 4 aliphatic rings. The first-order valence-electron chi connectivity index (χ1n) is 13.7. The average Bonchev–Trinajstić information content (AvgIpc) is 3.24. The number of benzene rings is 2. The summed E-state index contributed by atoms with van der Waals surface area (Å²) < 4.78 is 21.8. The molecule has 0 aliphatic carbocycles. The van der Waals surface area contributed by atoms with Gasteiger partial charge in [-0.3, -0.25) is 24.6 Å². The van der Waals surface area contributed by atoms with Crippen LogP contribution in [0.4, 0.5) is 10.1 Å². The number of morpholine rings is 1. The molecule has 0 radical (unpaired) electrons. The molecule has 0 bridgehead atoms. The van der Waals surface area contributed by atoms with Gasteiger partial charge in [-0.25, -0.2) is 4.39 Å². The minimum atomic E-state index is -0.694. The highest BCUT2D eigenvalue weighted by molar-refractivity contribution is 9.10. The number of nitrogens with one attached hydrogen (secondary N) is 1. The van der Waals surface area contributed by atoms with Crippen molar-refractivity contribution in [1.29, 1.82) is 0 Å². The van der Waals surface area contributed by atoms with Crippen LogP contribution in [0, 0.1) is 5.82 Å². The SMILES string of the molecule is O=C1CCC(N2Cc3cc(C4CCN(Cc5ccc(N6CCOCC6)c(Br)c5)CC4)c(F)cc3C2=O)C(=O)N1. The quantitative estimate of drug-likeness (QED) is 0.530. The summed E-state index contributed by atoms with van der Waals surface area (Å²) in [5.74, 6) is -1.39. The predicted octanol–water partition coefficient (Wildman–Crippen LogP) is 3.57. The average molecular weight is 600 g/mol. The number of rotatable bonds is 5. The van der Waals surface area contributed by atoms with Crippen molar-refractivity contribution in [2.75, 3.05) is 44.3 Å². The third-order valence-electron chi connectivity index (χ3n) is 8.44. The molecule has 0 saturated carbocycles. The number of fused-ring (bicyclic) bond motifs is 1. The molecular weight excluding hydrogens is 567 g/mol. The zero-order valence-electron chi connectivity index (χ0n) is 21.8. The fourth-order valence-electron chi connectivity index (χ4n) is 6.29. The van der Waals surface area contributed by atoms with Gasteiger partial charge in [0, 0.05) is 42.6 Å². The molecule has 1 unspecified atom stereocenters. The molecule has 3 saturated heterocycles. The van der Waals surface area contributed by atoms with Crippen molar-refractivity contribution in [2.45, 2.75) is 50.7 Å². The number of nitrogens with zero attached hydrogens (tertiary/aromatic N) is 3. The van der Waals surface area contributed by atoms with Crippen LogP contribution in [0.5, 0.6) is 0 Å². The maximum atomic E-state index is 15.3. The summed E-state index contributed by atoms with van der Waals surface area (Å²) in [7, 11) is 0. The first-order chi connectivity index (χ1) is 18.9. The van der Waals surface area contributed by atoms with Gasteiger partial charge in [-0.2, -0.15) is 0 Å².